The van der Waals surface area contributed by atoms with E-state index in [1.165, 1.54) is 12.1 Å². The second-order valence-electron chi connectivity index (χ2n) is 7.50. The molecule has 2 atom stereocenters. The van der Waals surface area contributed by atoms with E-state index in [4.69, 9.17) is 0 Å². The first-order valence-electron chi connectivity index (χ1n) is 10.2. The SMILES string of the molecule is CCN(CC)CCNC(=O)C1=C(C)NC(/C=C2\C(=O)Nc3ccc(F)cc32)C1C. The van der Waals surface area contributed by atoms with Gasteiger partial charge in [-0.2, -0.15) is 0 Å². The van der Waals surface area contributed by atoms with E-state index < -0.39 is 0 Å². The summed E-state index contributed by atoms with van der Waals surface area (Å²) in [6, 6.07) is 4.03. The smallest absolute Gasteiger partial charge is 0.256 e. The maximum Gasteiger partial charge on any atom is 0.256 e. The molecule has 1 aromatic carbocycles. The molecule has 0 saturated carbocycles. The maximum atomic E-state index is 13.7. The van der Waals surface area contributed by atoms with Crippen LogP contribution < -0.4 is 16.0 Å². The van der Waals surface area contributed by atoms with Gasteiger partial charge in [0.05, 0.1) is 6.04 Å². The Hall–Kier alpha value is -2.67. The molecule has 7 heteroatoms. The highest BCUT2D eigenvalue weighted by Crippen LogP contribution is 2.35. The number of likely N-dealkylation sites (N-methyl/N-ethyl adjacent to an activating group) is 1. The molecule has 6 nitrogen and oxygen atoms in total. The van der Waals surface area contributed by atoms with Crippen LogP contribution in [0.25, 0.3) is 5.57 Å². The summed E-state index contributed by atoms with van der Waals surface area (Å²) in [5, 5.41) is 9.07. The van der Waals surface area contributed by atoms with Crippen LogP contribution in [0.3, 0.4) is 0 Å². The minimum atomic E-state index is -0.388. The van der Waals surface area contributed by atoms with E-state index in [1.54, 1.807) is 12.1 Å². The van der Waals surface area contributed by atoms with E-state index in [2.05, 4.69) is 34.7 Å². The van der Waals surface area contributed by atoms with Crippen LogP contribution in [0.4, 0.5) is 10.1 Å². The summed E-state index contributed by atoms with van der Waals surface area (Å²) in [6.07, 6.45) is 1.80. The molecule has 0 saturated heterocycles. The van der Waals surface area contributed by atoms with E-state index in [0.717, 1.165) is 25.3 Å². The number of benzene rings is 1. The van der Waals surface area contributed by atoms with Gasteiger partial charge in [-0.05, 0) is 44.3 Å². The molecule has 2 aliphatic heterocycles. The Kier molecular flexibility index (Phi) is 6.37. The van der Waals surface area contributed by atoms with Gasteiger partial charge in [0.1, 0.15) is 5.82 Å². The third-order valence-corrected chi connectivity index (χ3v) is 5.74. The minimum Gasteiger partial charge on any atom is -0.381 e. The molecular weight excluding hydrogens is 371 g/mol. The van der Waals surface area contributed by atoms with Gasteiger partial charge in [-0.1, -0.05) is 20.8 Å². The van der Waals surface area contributed by atoms with Gasteiger partial charge in [0, 0.05) is 47.1 Å². The van der Waals surface area contributed by atoms with Crippen LogP contribution in [0.1, 0.15) is 33.3 Å². The van der Waals surface area contributed by atoms with Gasteiger partial charge in [0.2, 0.25) is 5.91 Å². The molecule has 2 amide bonds. The molecule has 29 heavy (non-hydrogen) atoms. The topological polar surface area (TPSA) is 73.5 Å². The first-order chi connectivity index (χ1) is 13.8. The number of allylic oxidation sites excluding steroid dienone is 1. The van der Waals surface area contributed by atoms with Crippen molar-refractivity contribution >= 4 is 23.1 Å². The van der Waals surface area contributed by atoms with Gasteiger partial charge in [-0.25, -0.2) is 4.39 Å². The zero-order valence-corrected chi connectivity index (χ0v) is 17.4. The highest BCUT2D eigenvalue weighted by molar-refractivity contribution is 6.31. The molecule has 2 heterocycles. The van der Waals surface area contributed by atoms with Gasteiger partial charge >= 0.3 is 0 Å². The Morgan fingerprint density at radius 3 is 2.72 bits per heavy atom. The molecular formula is C22H29FN4O2. The molecule has 156 valence electrons. The van der Waals surface area contributed by atoms with E-state index >= 15 is 0 Å². The lowest BCUT2D eigenvalue weighted by Crippen LogP contribution is -2.36. The fourth-order valence-electron chi connectivity index (χ4n) is 4.00. The molecule has 3 rings (SSSR count). The fraction of sp³-hybridized carbons (Fsp3) is 0.455. The Balaban J connectivity index is 1.71. The van der Waals surface area contributed by atoms with Crippen LogP contribution in [-0.2, 0) is 9.59 Å². The molecule has 1 aromatic rings. The number of halogens is 1. The summed E-state index contributed by atoms with van der Waals surface area (Å²) in [5.41, 5.74) is 3.09. The van der Waals surface area contributed by atoms with Crippen molar-refractivity contribution in [2.24, 2.45) is 5.92 Å². The number of hydrogen-bond acceptors (Lipinski definition) is 4. The molecule has 0 radical (unpaired) electrons. The summed E-state index contributed by atoms with van der Waals surface area (Å²) in [5.74, 6) is -0.838. The van der Waals surface area contributed by atoms with Gasteiger partial charge < -0.3 is 20.9 Å². The summed E-state index contributed by atoms with van der Waals surface area (Å²) in [6.45, 7) is 11.3. The summed E-state index contributed by atoms with van der Waals surface area (Å²) >= 11 is 0. The lowest BCUT2D eigenvalue weighted by molar-refractivity contribution is -0.118. The van der Waals surface area contributed by atoms with E-state index in [0.29, 0.717) is 28.9 Å². The van der Waals surface area contributed by atoms with Crippen molar-refractivity contribution in [1.29, 1.82) is 0 Å². The quantitative estimate of drug-likeness (QED) is 0.615. The third-order valence-electron chi connectivity index (χ3n) is 5.74. The maximum absolute atomic E-state index is 13.7. The minimum absolute atomic E-state index is 0.0853. The van der Waals surface area contributed by atoms with E-state index in [-0.39, 0.29) is 29.6 Å². The average molecular weight is 400 g/mol. The number of amides is 2. The van der Waals surface area contributed by atoms with Crippen molar-refractivity contribution in [3.05, 3.63) is 46.9 Å². The summed E-state index contributed by atoms with van der Waals surface area (Å²) < 4.78 is 13.7. The van der Waals surface area contributed by atoms with Crippen LogP contribution in [-0.4, -0.2) is 48.9 Å². The van der Waals surface area contributed by atoms with Gasteiger partial charge in [0.25, 0.3) is 5.91 Å². The predicted molar refractivity (Wildman–Crippen MR) is 113 cm³/mol. The van der Waals surface area contributed by atoms with Gasteiger partial charge in [-0.3, -0.25) is 9.59 Å². The van der Waals surface area contributed by atoms with Crippen molar-refractivity contribution < 1.29 is 14.0 Å². The van der Waals surface area contributed by atoms with Gasteiger partial charge in [-0.15, -0.1) is 0 Å². The van der Waals surface area contributed by atoms with E-state index in [9.17, 15) is 14.0 Å². The number of hydrogen-bond donors (Lipinski definition) is 3. The number of anilines is 1. The number of nitrogens with zero attached hydrogens (tertiary/aromatic N) is 1. The number of rotatable bonds is 7. The highest BCUT2D eigenvalue weighted by atomic mass is 19.1. The molecule has 0 aromatic heterocycles. The molecule has 2 aliphatic rings. The third kappa shape index (κ3) is 4.34. The number of nitrogens with one attached hydrogen (secondary N) is 3. The highest BCUT2D eigenvalue weighted by Gasteiger charge is 2.34. The summed E-state index contributed by atoms with van der Waals surface area (Å²) in [4.78, 5) is 27.4. The van der Waals surface area contributed by atoms with E-state index in [1.807, 2.05) is 13.8 Å². The van der Waals surface area contributed by atoms with Crippen LogP contribution in [0, 0.1) is 11.7 Å². The Morgan fingerprint density at radius 1 is 1.31 bits per heavy atom. The van der Waals surface area contributed by atoms with Gasteiger partial charge in [0.15, 0.2) is 0 Å². The molecule has 3 N–H and O–H groups in total. The number of carbonyl (C=O) groups is 2. The second kappa shape index (κ2) is 8.78. The van der Waals surface area contributed by atoms with Crippen molar-refractivity contribution in [3.8, 4) is 0 Å². The fourth-order valence-corrected chi connectivity index (χ4v) is 4.00. The van der Waals surface area contributed by atoms with Crippen LogP contribution in [0.2, 0.25) is 0 Å². The number of fused-ring (bicyclic) bond motifs is 1. The first kappa shape index (κ1) is 21.0. The monoisotopic (exact) mass is 400 g/mol. The normalized spacial score (nSPS) is 22.1. The molecule has 2 unspecified atom stereocenters. The molecule has 0 spiro atoms. The molecule has 0 fully saturated rings. The van der Waals surface area contributed by atoms with Crippen molar-refractivity contribution in [2.45, 2.75) is 33.7 Å². The molecule has 0 bridgehead atoms. The Labute approximate surface area is 171 Å². The summed E-state index contributed by atoms with van der Waals surface area (Å²) in [7, 11) is 0. The Morgan fingerprint density at radius 2 is 2.03 bits per heavy atom. The number of carbonyl (C=O) groups excluding carboxylic acids is 2. The largest absolute Gasteiger partial charge is 0.381 e. The standard InChI is InChI=1S/C22H29FN4O2/c1-5-27(6-2)10-9-24-22(29)20-13(3)19(25-14(20)4)12-17-16-11-15(23)7-8-18(16)26-21(17)28/h7-8,11-13,19,25H,5-6,9-10H2,1-4H3,(H,24,29)(H,26,28)/b17-12-. The molecule has 0 aliphatic carbocycles. The first-order valence-corrected chi connectivity index (χ1v) is 10.2. The zero-order valence-electron chi connectivity index (χ0n) is 17.4. The Bertz CT molecular complexity index is 874. The van der Waals surface area contributed by atoms with Crippen molar-refractivity contribution in [2.75, 3.05) is 31.5 Å². The van der Waals surface area contributed by atoms with Crippen LogP contribution in [0.5, 0.6) is 0 Å². The van der Waals surface area contributed by atoms with Crippen molar-refractivity contribution in [3.63, 3.8) is 0 Å². The lowest BCUT2D eigenvalue weighted by atomic mass is 9.93. The van der Waals surface area contributed by atoms with Crippen LogP contribution in [0.15, 0.2) is 35.5 Å². The lowest BCUT2D eigenvalue weighted by Gasteiger charge is -2.19. The second-order valence-corrected chi connectivity index (χ2v) is 7.50. The zero-order chi connectivity index (χ0) is 21.1. The average Bonchev–Trinajstić information content (AvgIpc) is 3.14. The predicted octanol–water partition coefficient (Wildman–Crippen LogP) is 2.50. The van der Waals surface area contributed by atoms with Crippen LogP contribution >= 0.6 is 0 Å². The van der Waals surface area contributed by atoms with Crippen molar-refractivity contribution in [1.82, 2.24) is 15.5 Å².